The van der Waals surface area contributed by atoms with E-state index in [9.17, 15) is 9.18 Å². The Hall–Kier alpha value is -0.110. The largest absolute Gasteiger partial charge is 0.281 e. The fraction of sp³-hybridized carbons (Fsp3) is 0.857. The molecule has 0 aromatic rings. The number of rotatable bonds is 6. The molecule has 0 N–H and O–H groups in total. The Morgan fingerprint density at radius 2 is 1.80 bits per heavy atom. The lowest BCUT2D eigenvalue weighted by molar-refractivity contribution is -0.111. The van der Waals surface area contributed by atoms with Crippen molar-refractivity contribution in [3.05, 3.63) is 0 Å². The molecule has 1 nitrogen and oxygen atoms in total. The molecule has 0 aliphatic rings. The van der Waals surface area contributed by atoms with Crippen molar-refractivity contribution in [1.82, 2.24) is 0 Å². The zero-order valence-electron chi connectivity index (χ0n) is 5.91. The van der Waals surface area contributed by atoms with E-state index >= 15 is 0 Å². The van der Waals surface area contributed by atoms with Crippen LogP contribution in [0, 0.1) is 0 Å². The zero-order chi connectivity index (χ0) is 7.82. The number of unbranched alkanes of at least 4 members (excludes halogenated alkanes) is 3. The molecule has 0 unspecified atom stereocenters. The summed E-state index contributed by atoms with van der Waals surface area (Å²) in [5.41, 5.74) is 0. The summed E-state index contributed by atoms with van der Waals surface area (Å²) < 4.78 is 11.5. The second-order valence-corrected chi connectivity index (χ2v) is 2.63. The van der Waals surface area contributed by atoms with Crippen molar-refractivity contribution in [3.63, 3.8) is 0 Å². The third kappa shape index (κ3) is 7.89. The van der Waals surface area contributed by atoms with Crippen molar-refractivity contribution in [2.75, 3.05) is 6.67 Å². The van der Waals surface area contributed by atoms with Crippen LogP contribution in [0.15, 0.2) is 0 Å². The van der Waals surface area contributed by atoms with Crippen LogP contribution in [0.25, 0.3) is 0 Å². The summed E-state index contributed by atoms with van der Waals surface area (Å²) in [7, 11) is 0. The second kappa shape index (κ2) is 7.00. The standard InChI is InChI=1S/C7H12ClFO/c8-7(10)5-3-1-2-4-6-9/h1-6H2. The van der Waals surface area contributed by atoms with Gasteiger partial charge in [0, 0.05) is 6.42 Å². The molecular formula is C7H12ClFO. The average molecular weight is 167 g/mol. The molecule has 0 radical (unpaired) electrons. The first kappa shape index (κ1) is 9.89. The predicted molar refractivity (Wildman–Crippen MR) is 39.9 cm³/mol. The minimum Gasteiger partial charge on any atom is -0.281 e. The minimum atomic E-state index is -0.291. The van der Waals surface area contributed by atoms with E-state index in [-0.39, 0.29) is 11.9 Å². The molecule has 0 spiro atoms. The highest BCUT2D eigenvalue weighted by molar-refractivity contribution is 6.63. The smallest absolute Gasteiger partial charge is 0.221 e. The first-order chi connectivity index (χ1) is 4.77. The SMILES string of the molecule is O=C(Cl)CCCCCCF. The maximum Gasteiger partial charge on any atom is 0.221 e. The Morgan fingerprint density at radius 3 is 2.30 bits per heavy atom. The topological polar surface area (TPSA) is 17.1 Å². The van der Waals surface area contributed by atoms with Crippen molar-refractivity contribution >= 4 is 16.8 Å². The number of alkyl halides is 1. The van der Waals surface area contributed by atoms with Gasteiger partial charge in [0.15, 0.2) is 0 Å². The van der Waals surface area contributed by atoms with Crippen molar-refractivity contribution in [2.45, 2.75) is 32.1 Å². The molecule has 60 valence electrons. The maximum atomic E-state index is 11.5. The molecule has 0 aliphatic heterocycles. The van der Waals surface area contributed by atoms with Crippen LogP contribution in [0.3, 0.4) is 0 Å². The van der Waals surface area contributed by atoms with Crippen LogP contribution in [0.1, 0.15) is 32.1 Å². The molecule has 3 heteroatoms. The fourth-order valence-corrected chi connectivity index (χ4v) is 0.846. The number of hydrogen-bond donors (Lipinski definition) is 0. The second-order valence-electron chi connectivity index (χ2n) is 2.21. The highest BCUT2D eigenvalue weighted by atomic mass is 35.5. The Balaban J connectivity index is 2.84. The normalized spacial score (nSPS) is 9.80. The van der Waals surface area contributed by atoms with Gasteiger partial charge in [-0.05, 0) is 24.4 Å². The van der Waals surface area contributed by atoms with Gasteiger partial charge in [-0.3, -0.25) is 9.18 Å². The molecule has 0 saturated heterocycles. The highest BCUT2D eigenvalue weighted by Crippen LogP contribution is 2.04. The molecule has 0 saturated carbocycles. The first-order valence-electron chi connectivity index (χ1n) is 3.51. The van der Waals surface area contributed by atoms with Crippen molar-refractivity contribution in [1.29, 1.82) is 0 Å². The molecular weight excluding hydrogens is 155 g/mol. The van der Waals surface area contributed by atoms with E-state index in [4.69, 9.17) is 11.6 Å². The molecule has 0 rings (SSSR count). The van der Waals surface area contributed by atoms with Crippen molar-refractivity contribution < 1.29 is 9.18 Å². The Labute approximate surface area is 65.6 Å². The average Bonchev–Trinajstić information content (AvgIpc) is 1.87. The summed E-state index contributed by atoms with van der Waals surface area (Å²) >= 11 is 5.08. The van der Waals surface area contributed by atoms with Crippen LogP contribution < -0.4 is 0 Å². The summed E-state index contributed by atoms with van der Waals surface area (Å²) in [6.45, 7) is -0.255. The van der Waals surface area contributed by atoms with E-state index in [1.807, 2.05) is 0 Å². The Bertz CT molecular complexity index is 95.6. The van der Waals surface area contributed by atoms with Gasteiger partial charge in [-0.25, -0.2) is 0 Å². The monoisotopic (exact) mass is 166 g/mol. The zero-order valence-corrected chi connectivity index (χ0v) is 6.66. The van der Waals surface area contributed by atoms with Crippen LogP contribution in [0.4, 0.5) is 4.39 Å². The molecule has 0 amide bonds. The quantitative estimate of drug-likeness (QED) is 0.438. The molecule has 0 atom stereocenters. The van der Waals surface area contributed by atoms with Crippen LogP contribution in [0.5, 0.6) is 0 Å². The van der Waals surface area contributed by atoms with Crippen LogP contribution in [0.2, 0.25) is 0 Å². The number of hydrogen-bond acceptors (Lipinski definition) is 1. The van der Waals surface area contributed by atoms with Crippen molar-refractivity contribution in [2.24, 2.45) is 0 Å². The summed E-state index contributed by atoms with van der Waals surface area (Å²) in [5.74, 6) is 0. The van der Waals surface area contributed by atoms with Gasteiger partial charge < -0.3 is 0 Å². The number of carbonyl (C=O) groups excluding carboxylic acids is 1. The van der Waals surface area contributed by atoms with Crippen LogP contribution in [-0.4, -0.2) is 11.9 Å². The van der Waals surface area contributed by atoms with Gasteiger partial charge in [-0.2, -0.15) is 0 Å². The molecule has 10 heavy (non-hydrogen) atoms. The molecule has 0 aliphatic carbocycles. The van der Waals surface area contributed by atoms with Crippen LogP contribution in [-0.2, 0) is 4.79 Å². The summed E-state index contributed by atoms with van der Waals surface area (Å²) in [5, 5.41) is -0.291. The Kier molecular flexibility index (Phi) is 6.93. The Morgan fingerprint density at radius 1 is 1.20 bits per heavy atom. The third-order valence-electron chi connectivity index (χ3n) is 1.26. The van der Waals surface area contributed by atoms with Gasteiger partial charge in [0.2, 0.25) is 5.24 Å². The van der Waals surface area contributed by atoms with Gasteiger partial charge in [0.25, 0.3) is 0 Å². The summed E-state index contributed by atoms with van der Waals surface area (Å²) in [4.78, 5) is 10.2. The van der Waals surface area contributed by atoms with Gasteiger partial charge in [0.05, 0.1) is 6.67 Å². The lowest BCUT2D eigenvalue weighted by Crippen LogP contribution is -1.86. The molecule has 0 bridgehead atoms. The molecule has 0 fully saturated rings. The van der Waals surface area contributed by atoms with Gasteiger partial charge >= 0.3 is 0 Å². The van der Waals surface area contributed by atoms with Crippen molar-refractivity contribution in [3.8, 4) is 0 Å². The predicted octanol–water partition coefficient (Wildman–Crippen LogP) is 2.67. The van der Waals surface area contributed by atoms with E-state index < -0.39 is 0 Å². The van der Waals surface area contributed by atoms with E-state index in [0.29, 0.717) is 12.8 Å². The molecule has 0 aromatic carbocycles. The highest BCUT2D eigenvalue weighted by Gasteiger charge is 1.94. The number of carbonyl (C=O) groups is 1. The van der Waals surface area contributed by atoms with Crippen LogP contribution >= 0.6 is 11.6 Å². The van der Waals surface area contributed by atoms with Gasteiger partial charge in [-0.15, -0.1) is 0 Å². The van der Waals surface area contributed by atoms with E-state index in [2.05, 4.69) is 0 Å². The molecule has 0 heterocycles. The lowest BCUT2D eigenvalue weighted by atomic mass is 10.2. The third-order valence-corrected chi connectivity index (χ3v) is 1.45. The van der Waals surface area contributed by atoms with Gasteiger partial charge in [0.1, 0.15) is 0 Å². The fourth-order valence-electron chi connectivity index (χ4n) is 0.712. The van der Waals surface area contributed by atoms with Gasteiger partial charge in [-0.1, -0.05) is 12.8 Å². The van der Waals surface area contributed by atoms with E-state index in [0.717, 1.165) is 19.3 Å². The maximum absolute atomic E-state index is 11.5. The summed E-state index contributed by atoms with van der Waals surface area (Å²) in [6, 6.07) is 0. The lowest BCUT2D eigenvalue weighted by Gasteiger charge is -1.94. The van der Waals surface area contributed by atoms with E-state index in [1.165, 1.54) is 0 Å². The first-order valence-corrected chi connectivity index (χ1v) is 3.89. The minimum absolute atomic E-state index is 0.255. The van der Waals surface area contributed by atoms with E-state index in [1.54, 1.807) is 0 Å². The number of halogens is 2. The summed E-state index contributed by atoms with van der Waals surface area (Å²) in [6.07, 6.45) is 3.59. The molecule has 0 aromatic heterocycles.